The van der Waals surface area contributed by atoms with Crippen LogP contribution in [0.25, 0.3) is 22.3 Å². The number of phenols is 4. The van der Waals surface area contributed by atoms with Crippen LogP contribution in [0.1, 0.15) is 6.92 Å². The fourth-order valence-corrected chi connectivity index (χ4v) is 4.97. The highest BCUT2D eigenvalue weighted by Crippen LogP contribution is 2.45. The van der Waals surface area contributed by atoms with Crippen molar-refractivity contribution >= 4 is 11.0 Å². The minimum absolute atomic E-state index is 0. The third kappa shape index (κ3) is 6.61. The molecule has 3 heterocycles. The normalized spacial score (nSPS) is 31.7. The molecule has 10 N–H and O–H groups in total. The van der Waals surface area contributed by atoms with Crippen molar-refractivity contribution in [2.24, 2.45) is 0 Å². The Hall–Kier alpha value is -3.42. The summed E-state index contributed by atoms with van der Waals surface area (Å²) >= 11 is 0. The van der Waals surface area contributed by atoms with E-state index in [4.69, 9.17) is 28.1 Å². The third-order valence-corrected chi connectivity index (χ3v) is 7.50. The van der Waals surface area contributed by atoms with E-state index in [9.17, 15) is 51.1 Å². The number of aliphatic hydroxyl groups excluding tert-OH is 6. The fraction of sp³-hybridized carbons (Fsp3) is 0.464. The van der Waals surface area contributed by atoms with Crippen LogP contribution < -0.4 is 21.9 Å². The van der Waals surface area contributed by atoms with Gasteiger partial charge in [-0.05, 0) is 6.92 Å². The topological polar surface area (TPSA) is 260 Å². The lowest BCUT2D eigenvalue weighted by Crippen LogP contribution is -3.00. The molecule has 2 aromatic carbocycles. The van der Waals surface area contributed by atoms with Crippen molar-refractivity contribution in [2.75, 3.05) is 13.7 Å². The van der Waals surface area contributed by atoms with Crippen LogP contribution >= 0.6 is 0 Å². The number of aromatic hydroxyl groups is 4. The van der Waals surface area contributed by atoms with Crippen molar-refractivity contribution < 1.29 is 91.6 Å². The Morgan fingerprint density at radius 1 is 0.733 bits per heavy atom. The first-order valence-electron chi connectivity index (χ1n) is 13.4. The maximum absolute atomic E-state index is 10.7. The summed E-state index contributed by atoms with van der Waals surface area (Å²) in [4.78, 5) is 0. The minimum atomic E-state index is -1.85. The second-order valence-corrected chi connectivity index (χ2v) is 10.5. The van der Waals surface area contributed by atoms with Gasteiger partial charge in [0.15, 0.2) is 17.8 Å². The monoisotopic (exact) mass is 660 g/mol. The van der Waals surface area contributed by atoms with Crippen molar-refractivity contribution in [3.8, 4) is 45.8 Å². The lowest BCUT2D eigenvalue weighted by Gasteiger charge is -2.42. The molecule has 0 amide bonds. The highest BCUT2D eigenvalue weighted by atomic mass is 35.5. The molecule has 2 saturated heterocycles. The number of aliphatic hydroxyl groups is 6. The third-order valence-electron chi connectivity index (χ3n) is 7.50. The Bertz CT molecular complexity index is 1510. The van der Waals surface area contributed by atoms with E-state index in [1.807, 2.05) is 0 Å². The Balaban J connectivity index is 0.00000461. The van der Waals surface area contributed by atoms with Gasteiger partial charge in [0, 0.05) is 24.3 Å². The number of ether oxygens (including phenoxy) is 5. The van der Waals surface area contributed by atoms with E-state index in [-0.39, 0.29) is 51.9 Å². The first kappa shape index (κ1) is 34.5. The van der Waals surface area contributed by atoms with Crippen molar-refractivity contribution in [1.29, 1.82) is 0 Å². The number of hydrogen-bond donors (Lipinski definition) is 10. The Labute approximate surface area is 260 Å². The summed E-state index contributed by atoms with van der Waals surface area (Å²) in [5.74, 6) is -2.45. The molecule has 2 aliphatic rings. The van der Waals surface area contributed by atoms with Gasteiger partial charge in [-0.1, -0.05) is 0 Å². The van der Waals surface area contributed by atoms with Gasteiger partial charge >= 0.3 is 11.3 Å². The first-order chi connectivity index (χ1) is 20.8. The summed E-state index contributed by atoms with van der Waals surface area (Å²) in [6, 6.07) is 5.88. The predicted octanol–water partition coefficient (Wildman–Crippen LogP) is -3.75. The van der Waals surface area contributed by atoms with Gasteiger partial charge in [-0.15, -0.1) is 0 Å². The molecule has 2 aliphatic heterocycles. The zero-order chi connectivity index (χ0) is 32.0. The van der Waals surface area contributed by atoms with Crippen LogP contribution in [0.5, 0.6) is 34.5 Å². The van der Waals surface area contributed by atoms with Crippen LogP contribution in [0.4, 0.5) is 0 Å². The molecule has 45 heavy (non-hydrogen) atoms. The fourth-order valence-electron chi connectivity index (χ4n) is 4.97. The van der Waals surface area contributed by atoms with Gasteiger partial charge in [-0.2, -0.15) is 0 Å². The van der Waals surface area contributed by atoms with Crippen molar-refractivity contribution in [3.63, 3.8) is 0 Å². The maximum atomic E-state index is 10.7. The van der Waals surface area contributed by atoms with E-state index in [1.54, 1.807) is 0 Å². The molecule has 0 bridgehead atoms. The zero-order valence-electron chi connectivity index (χ0n) is 23.7. The Kier molecular flexibility index (Phi) is 10.3. The second-order valence-electron chi connectivity index (χ2n) is 10.5. The van der Waals surface area contributed by atoms with Gasteiger partial charge in [0.2, 0.25) is 17.8 Å². The van der Waals surface area contributed by atoms with Crippen molar-refractivity contribution in [1.82, 2.24) is 0 Å². The molecule has 248 valence electrons. The molecule has 0 saturated carbocycles. The lowest BCUT2D eigenvalue weighted by atomic mass is 9.98. The van der Waals surface area contributed by atoms with Gasteiger partial charge < -0.3 is 87.2 Å². The Morgan fingerprint density at radius 2 is 1.40 bits per heavy atom. The van der Waals surface area contributed by atoms with E-state index in [0.29, 0.717) is 0 Å². The number of benzene rings is 2. The van der Waals surface area contributed by atoms with Crippen LogP contribution in [0.15, 0.2) is 34.7 Å². The summed E-state index contributed by atoms with van der Waals surface area (Å²) in [5, 5.41) is 103. The number of halogens is 1. The van der Waals surface area contributed by atoms with E-state index in [2.05, 4.69) is 0 Å². The maximum Gasteiger partial charge on any atom is 0.402 e. The molecule has 16 nitrogen and oxygen atoms in total. The average Bonchev–Trinajstić information content (AvgIpc) is 2.99. The number of fused-ring (bicyclic) bond motifs is 1. The minimum Gasteiger partial charge on any atom is -1.00 e. The molecule has 2 fully saturated rings. The van der Waals surface area contributed by atoms with Gasteiger partial charge in [-0.25, -0.2) is 4.42 Å². The van der Waals surface area contributed by atoms with E-state index < -0.39 is 85.3 Å². The first-order valence-corrected chi connectivity index (χ1v) is 13.4. The summed E-state index contributed by atoms with van der Waals surface area (Å²) in [6.45, 7) is 0.904. The molecule has 0 spiro atoms. The molecule has 0 unspecified atom stereocenters. The molecule has 5 rings (SSSR count). The van der Waals surface area contributed by atoms with Crippen LogP contribution in [0.2, 0.25) is 0 Å². The average molecular weight is 661 g/mol. The molecule has 0 radical (unpaired) electrons. The molecule has 1 aromatic heterocycles. The highest BCUT2D eigenvalue weighted by Gasteiger charge is 2.48. The molecule has 0 aliphatic carbocycles. The SMILES string of the molecule is COc1cc(-c2[o+]c3cc(O)cc(O)c3cc2O[C@@H]2O[C@H](CO[C@@H]3O[C@@H](C)[C@H](O)[C@@H](O)[C@H]3O)[C@@H](O)[C@H](O)[C@H]2O)cc(O)c1O.[Cl-]. The zero-order valence-corrected chi connectivity index (χ0v) is 24.4. The number of phenolic OH excluding ortho intramolecular Hbond substituents is 4. The second kappa shape index (κ2) is 13.5. The van der Waals surface area contributed by atoms with Gasteiger partial charge in [0.1, 0.15) is 59.6 Å². The Morgan fingerprint density at radius 3 is 2.09 bits per heavy atom. The van der Waals surface area contributed by atoms with E-state index in [1.165, 1.54) is 32.2 Å². The standard InChI is InChI=1S/C28H32O16.ClH/c1-9-19(32)22(35)24(37)27(41-9)40-8-18-21(34)23(36)25(38)28(44-18)43-17-7-12-13(30)5-11(29)6-15(12)42-26(17)10-3-14(31)20(33)16(4-10)39-2;/h3-7,9,18-19,21-25,27-28,32,34-38H,8H2,1-2H3,(H3-,29,30,31,33);1H/t9-,18+,19-,21+,22+,23-,24+,25+,27+,28+;/m0./s1. The molecular formula is C28H33ClO16. The van der Waals surface area contributed by atoms with Crippen LogP contribution in [0, 0.1) is 0 Å². The highest BCUT2D eigenvalue weighted by molar-refractivity contribution is 5.88. The van der Waals surface area contributed by atoms with Crippen molar-refractivity contribution in [3.05, 3.63) is 30.3 Å². The van der Waals surface area contributed by atoms with Crippen LogP contribution in [-0.4, -0.2) is 126 Å². The van der Waals surface area contributed by atoms with Crippen LogP contribution in [-0.2, 0) is 14.2 Å². The van der Waals surface area contributed by atoms with Crippen LogP contribution in [0.3, 0.4) is 0 Å². The largest absolute Gasteiger partial charge is 1.00 e. The molecule has 3 aromatic rings. The quantitative estimate of drug-likeness (QED) is 0.0862. The van der Waals surface area contributed by atoms with E-state index >= 15 is 0 Å². The van der Waals surface area contributed by atoms with Gasteiger partial charge in [0.05, 0.1) is 31.5 Å². The predicted molar refractivity (Wildman–Crippen MR) is 145 cm³/mol. The number of methoxy groups -OCH3 is 1. The molecular weight excluding hydrogens is 628 g/mol. The summed E-state index contributed by atoms with van der Waals surface area (Å²) in [6.07, 6.45) is -15.5. The number of rotatable bonds is 7. The molecule has 17 heteroatoms. The van der Waals surface area contributed by atoms with Crippen molar-refractivity contribution in [2.45, 2.75) is 68.3 Å². The summed E-state index contributed by atoms with van der Waals surface area (Å²) in [7, 11) is 1.24. The number of hydrogen-bond acceptors (Lipinski definition) is 15. The van der Waals surface area contributed by atoms with Gasteiger partial charge in [0.25, 0.3) is 0 Å². The smallest absolute Gasteiger partial charge is 0.402 e. The van der Waals surface area contributed by atoms with Gasteiger partial charge in [-0.3, -0.25) is 0 Å². The summed E-state index contributed by atoms with van der Waals surface area (Å²) in [5.41, 5.74) is 0.0387. The summed E-state index contributed by atoms with van der Waals surface area (Å²) < 4.78 is 33.5. The van der Waals surface area contributed by atoms with E-state index in [0.717, 1.165) is 12.1 Å². The molecule has 10 atom stereocenters. The lowest BCUT2D eigenvalue weighted by molar-refractivity contribution is -0.318.